The molecule has 0 aromatic carbocycles. The molecule has 1 heterocycles. The molecule has 104 valence electrons. The summed E-state index contributed by atoms with van der Waals surface area (Å²) in [5, 5.41) is 3.55. The Morgan fingerprint density at radius 3 is 2.95 bits per heavy atom. The summed E-state index contributed by atoms with van der Waals surface area (Å²) in [4.78, 5) is 4.26. The molecule has 0 bridgehead atoms. The molecule has 0 amide bonds. The van der Waals surface area contributed by atoms with Crippen molar-refractivity contribution in [2.75, 3.05) is 6.54 Å². The second-order valence-electron chi connectivity index (χ2n) is 5.17. The van der Waals surface area contributed by atoms with E-state index in [4.69, 9.17) is 0 Å². The minimum atomic E-state index is -0.271. The van der Waals surface area contributed by atoms with Gasteiger partial charge in [0.05, 0.1) is 17.9 Å². The molecule has 1 N–H and O–H groups in total. The largest absolute Gasteiger partial charge is 0.305 e. The third-order valence-electron chi connectivity index (χ3n) is 3.59. The molecule has 2 nitrogen and oxygen atoms in total. The van der Waals surface area contributed by atoms with E-state index >= 15 is 0 Å². The van der Waals surface area contributed by atoms with Gasteiger partial charge in [-0.3, -0.25) is 4.98 Å². The number of halogens is 1. The van der Waals surface area contributed by atoms with Gasteiger partial charge in [0.2, 0.25) is 0 Å². The monoisotopic (exact) mass is 262 g/mol. The summed E-state index contributed by atoms with van der Waals surface area (Å²) in [6.07, 6.45) is 10.9. The summed E-state index contributed by atoms with van der Waals surface area (Å²) >= 11 is 0. The third-order valence-corrected chi connectivity index (χ3v) is 3.59. The highest BCUT2D eigenvalue weighted by molar-refractivity contribution is 5.23. The Kier molecular flexibility index (Phi) is 5.52. The van der Waals surface area contributed by atoms with Gasteiger partial charge < -0.3 is 5.32 Å². The molecule has 0 saturated carbocycles. The summed E-state index contributed by atoms with van der Waals surface area (Å²) in [5.41, 5.74) is 2.35. The van der Waals surface area contributed by atoms with Crippen molar-refractivity contribution in [1.82, 2.24) is 10.3 Å². The van der Waals surface area contributed by atoms with Gasteiger partial charge in [0, 0.05) is 0 Å². The van der Waals surface area contributed by atoms with Crippen molar-refractivity contribution in [3.63, 3.8) is 0 Å². The quantitative estimate of drug-likeness (QED) is 0.806. The van der Waals surface area contributed by atoms with Crippen LogP contribution < -0.4 is 5.32 Å². The zero-order chi connectivity index (χ0) is 13.5. The molecule has 1 aromatic rings. The molecule has 1 aliphatic carbocycles. The first-order chi connectivity index (χ1) is 9.31. The van der Waals surface area contributed by atoms with Crippen LogP contribution in [0.3, 0.4) is 0 Å². The van der Waals surface area contributed by atoms with Gasteiger partial charge in [-0.2, -0.15) is 0 Å². The van der Waals surface area contributed by atoms with Crippen LogP contribution in [0.2, 0.25) is 0 Å². The summed E-state index contributed by atoms with van der Waals surface area (Å²) in [6.45, 7) is 3.12. The molecular weight excluding hydrogens is 239 g/mol. The molecule has 1 atom stereocenters. The van der Waals surface area contributed by atoms with Gasteiger partial charge in [0.1, 0.15) is 5.82 Å². The molecule has 1 unspecified atom stereocenters. The number of hydrogen-bond acceptors (Lipinski definition) is 2. The summed E-state index contributed by atoms with van der Waals surface area (Å²) < 4.78 is 13.0. The van der Waals surface area contributed by atoms with Crippen LogP contribution in [0, 0.1) is 5.82 Å². The van der Waals surface area contributed by atoms with E-state index in [9.17, 15) is 4.39 Å². The fraction of sp³-hybridized carbons (Fsp3) is 0.562. The number of aromatic nitrogens is 1. The van der Waals surface area contributed by atoms with Gasteiger partial charge in [-0.1, -0.05) is 25.0 Å². The first-order valence-corrected chi connectivity index (χ1v) is 7.35. The van der Waals surface area contributed by atoms with Crippen molar-refractivity contribution in [2.45, 2.75) is 51.5 Å². The Hall–Kier alpha value is -1.22. The lowest BCUT2D eigenvalue weighted by Gasteiger charge is -2.21. The van der Waals surface area contributed by atoms with E-state index in [2.05, 4.69) is 23.3 Å². The maximum atomic E-state index is 13.0. The van der Waals surface area contributed by atoms with E-state index in [0.717, 1.165) is 31.5 Å². The van der Waals surface area contributed by atoms with Gasteiger partial charge >= 0.3 is 0 Å². The van der Waals surface area contributed by atoms with Crippen LogP contribution in [0.25, 0.3) is 0 Å². The van der Waals surface area contributed by atoms with Crippen molar-refractivity contribution in [2.24, 2.45) is 0 Å². The van der Waals surface area contributed by atoms with Crippen LogP contribution in [0.4, 0.5) is 4.39 Å². The topological polar surface area (TPSA) is 24.9 Å². The van der Waals surface area contributed by atoms with Crippen LogP contribution in [0.15, 0.2) is 30.0 Å². The first kappa shape index (κ1) is 14.2. The van der Waals surface area contributed by atoms with Gasteiger partial charge in [0.15, 0.2) is 0 Å². The molecule has 2 rings (SSSR count). The Morgan fingerprint density at radius 1 is 1.32 bits per heavy atom. The Balaban J connectivity index is 2.18. The maximum absolute atomic E-state index is 13.0. The maximum Gasteiger partial charge on any atom is 0.141 e. The fourth-order valence-corrected chi connectivity index (χ4v) is 2.57. The molecule has 19 heavy (non-hydrogen) atoms. The van der Waals surface area contributed by atoms with E-state index in [1.807, 2.05) is 0 Å². The zero-order valence-corrected chi connectivity index (χ0v) is 11.7. The molecular formula is C16H23FN2. The van der Waals surface area contributed by atoms with Gasteiger partial charge in [-0.15, -0.1) is 0 Å². The number of nitrogens with zero attached hydrogens (tertiary/aromatic N) is 1. The van der Waals surface area contributed by atoms with Crippen LogP contribution in [0.5, 0.6) is 0 Å². The van der Waals surface area contributed by atoms with E-state index in [0.29, 0.717) is 0 Å². The van der Waals surface area contributed by atoms with Gasteiger partial charge in [-0.25, -0.2) is 4.39 Å². The van der Waals surface area contributed by atoms with Crippen molar-refractivity contribution >= 4 is 0 Å². The highest BCUT2D eigenvalue weighted by Gasteiger charge is 2.18. The summed E-state index contributed by atoms with van der Waals surface area (Å²) in [7, 11) is 0. The molecule has 0 radical (unpaired) electrons. The summed E-state index contributed by atoms with van der Waals surface area (Å²) in [5.74, 6) is -0.271. The SMILES string of the molecule is CCCNC(C1=CCCCCC1)c1ccc(F)cn1. The zero-order valence-electron chi connectivity index (χ0n) is 11.7. The average molecular weight is 262 g/mol. The number of allylic oxidation sites excluding steroid dienone is 1. The minimum absolute atomic E-state index is 0.152. The van der Waals surface area contributed by atoms with Crippen molar-refractivity contribution < 1.29 is 4.39 Å². The molecule has 1 aromatic heterocycles. The van der Waals surface area contributed by atoms with E-state index in [-0.39, 0.29) is 11.9 Å². The molecule has 1 aliphatic rings. The highest BCUT2D eigenvalue weighted by atomic mass is 19.1. The Bertz CT molecular complexity index is 411. The lowest BCUT2D eigenvalue weighted by Crippen LogP contribution is -2.25. The predicted octanol–water partition coefficient (Wildman–Crippen LogP) is 4.15. The second-order valence-corrected chi connectivity index (χ2v) is 5.17. The lowest BCUT2D eigenvalue weighted by atomic mass is 9.98. The number of nitrogens with one attached hydrogen (secondary N) is 1. The van der Waals surface area contributed by atoms with Gasteiger partial charge in [0.25, 0.3) is 0 Å². The van der Waals surface area contributed by atoms with Crippen LogP contribution >= 0.6 is 0 Å². The predicted molar refractivity (Wildman–Crippen MR) is 76.4 cm³/mol. The van der Waals surface area contributed by atoms with Crippen molar-refractivity contribution in [3.05, 3.63) is 41.5 Å². The molecule has 0 fully saturated rings. The van der Waals surface area contributed by atoms with Crippen molar-refractivity contribution in [1.29, 1.82) is 0 Å². The number of pyridine rings is 1. The van der Waals surface area contributed by atoms with Crippen molar-refractivity contribution in [3.8, 4) is 0 Å². The Morgan fingerprint density at radius 2 is 2.21 bits per heavy atom. The second kappa shape index (κ2) is 7.39. The molecule has 3 heteroatoms. The van der Waals surface area contributed by atoms with E-state index in [1.54, 1.807) is 6.07 Å². The van der Waals surface area contributed by atoms with Gasteiger partial charge in [-0.05, 0) is 50.8 Å². The number of hydrogen-bond donors (Lipinski definition) is 1. The molecule has 0 aliphatic heterocycles. The lowest BCUT2D eigenvalue weighted by molar-refractivity contribution is 0.551. The van der Waals surface area contributed by atoms with Crippen LogP contribution in [-0.4, -0.2) is 11.5 Å². The standard InChI is InChI=1S/C16H23FN2/c1-2-11-18-16(13-7-5-3-4-6-8-13)15-10-9-14(17)12-19-15/h7,9-10,12,16,18H,2-6,8,11H2,1H3. The fourth-order valence-electron chi connectivity index (χ4n) is 2.57. The Labute approximate surface area is 115 Å². The van der Waals surface area contributed by atoms with E-state index in [1.165, 1.54) is 37.1 Å². The molecule has 0 saturated heterocycles. The summed E-state index contributed by atoms with van der Waals surface area (Å²) in [6, 6.07) is 3.45. The number of rotatable bonds is 5. The van der Waals surface area contributed by atoms with Crippen LogP contribution in [-0.2, 0) is 0 Å². The smallest absolute Gasteiger partial charge is 0.141 e. The van der Waals surface area contributed by atoms with Crippen LogP contribution in [0.1, 0.15) is 57.2 Å². The highest BCUT2D eigenvalue weighted by Crippen LogP contribution is 2.28. The van der Waals surface area contributed by atoms with E-state index < -0.39 is 0 Å². The first-order valence-electron chi connectivity index (χ1n) is 7.35. The third kappa shape index (κ3) is 4.13. The minimum Gasteiger partial charge on any atom is -0.305 e. The average Bonchev–Trinajstić information content (AvgIpc) is 2.70. The normalized spacial score (nSPS) is 17.7. The molecule has 0 spiro atoms.